The number of hydrogen-bond acceptors (Lipinski definition) is 3. The van der Waals surface area contributed by atoms with Gasteiger partial charge in [-0.05, 0) is 18.8 Å². The Labute approximate surface area is 99.5 Å². The average Bonchev–Trinajstić information content (AvgIpc) is 2.23. The van der Waals surface area contributed by atoms with E-state index >= 15 is 0 Å². The van der Waals surface area contributed by atoms with Gasteiger partial charge in [-0.2, -0.15) is 0 Å². The molecule has 0 aliphatic carbocycles. The molecule has 1 rings (SSSR count). The van der Waals surface area contributed by atoms with Gasteiger partial charge in [-0.1, -0.05) is 20.8 Å². The molecule has 0 saturated heterocycles. The Morgan fingerprint density at radius 2 is 2.00 bits per heavy atom. The lowest BCUT2D eigenvalue weighted by Crippen LogP contribution is -2.41. The maximum Gasteiger partial charge on any atom is 0.328 e. The Hall–Kier alpha value is -1.65. The Kier molecular flexibility index (Phi) is 3.70. The second-order valence-electron chi connectivity index (χ2n) is 4.97. The standard InChI is InChI=1S/C12H18N2O3/c1-5-12(3,4)7-14-10(16)9(8(2)15)6-13-11(14)17/h6H,5,7H2,1-4H3,(H,13,17). The molecule has 1 aromatic rings. The number of carbonyl (C=O) groups is 1. The molecule has 0 aliphatic heterocycles. The predicted molar refractivity (Wildman–Crippen MR) is 65.4 cm³/mol. The summed E-state index contributed by atoms with van der Waals surface area (Å²) in [4.78, 5) is 37.2. The first-order valence-electron chi connectivity index (χ1n) is 5.62. The second kappa shape index (κ2) is 4.69. The maximum atomic E-state index is 11.9. The number of nitrogens with one attached hydrogen (secondary N) is 1. The van der Waals surface area contributed by atoms with E-state index in [-0.39, 0.29) is 16.8 Å². The average molecular weight is 238 g/mol. The summed E-state index contributed by atoms with van der Waals surface area (Å²) < 4.78 is 1.10. The minimum atomic E-state index is -0.511. The molecule has 0 radical (unpaired) electrons. The van der Waals surface area contributed by atoms with Crippen LogP contribution in [0, 0.1) is 5.41 Å². The molecule has 0 spiro atoms. The summed E-state index contributed by atoms with van der Waals surface area (Å²) in [6.45, 7) is 7.55. The number of Topliss-reactive ketones (excluding diaryl/α,β-unsaturated/α-hetero) is 1. The van der Waals surface area contributed by atoms with E-state index < -0.39 is 11.2 Å². The van der Waals surface area contributed by atoms with E-state index in [1.165, 1.54) is 13.1 Å². The summed E-state index contributed by atoms with van der Waals surface area (Å²) >= 11 is 0. The van der Waals surface area contributed by atoms with E-state index in [0.717, 1.165) is 11.0 Å². The molecule has 1 aromatic heterocycles. The number of ketones is 1. The lowest BCUT2D eigenvalue weighted by Gasteiger charge is -2.22. The third-order valence-corrected chi connectivity index (χ3v) is 2.98. The van der Waals surface area contributed by atoms with Crippen molar-refractivity contribution in [3.8, 4) is 0 Å². The van der Waals surface area contributed by atoms with Crippen LogP contribution in [-0.4, -0.2) is 15.3 Å². The zero-order valence-corrected chi connectivity index (χ0v) is 10.7. The van der Waals surface area contributed by atoms with Crippen molar-refractivity contribution >= 4 is 5.78 Å². The first-order chi connectivity index (χ1) is 7.78. The zero-order chi connectivity index (χ0) is 13.2. The molecular formula is C12H18N2O3. The smallest absolute Gasteiger partial charge is 0.313 e. The van der Waals surface area contributed by atoms with Crippen LogP contribution < -0.4 is 11.2 Å². The van der Waals surface area contributed by atoms with Crippen LogP contribution in [0.3, 0.4) is 0 Å². The predicted octanol–water partition coefficient (Wildman–Crippen LogP) is 1.18. The fraction of sp³-hybridized carbons (Fsp3) is 0.583. The van der Waals surface area contributed by atoms with Gasteiger partial charge in [0.05, 0.1) is 5.56 Å². The van der Waals surface area contributed by atoms with Gasteiger partial charge in [0.2, 0.25) is 0 Å². The molecule has 0 fully saturated rings. The van der Waals surface area contributed by atoms with Gasteiger partial charge < -0.3 is 4.98 Å². The third-order valence-electron chi connectivity index (χ3n) is 2.98. The summed E-state index contributed by atoms with van der Waals surface area (Å²) in [6.07, 6.45) is 2.02. The highest BCUT2D eigenvalue weighted by Crippen LogP contribution is 2.20. The fourth-order valence-corrected chi connectivity index (χ4v) is 1.45. The van der Waals surface area contributed by atoms with Crippen molar-refractivity contribution in [2.45, 2.75) is 40.7 Å². The van der Waals surface area contributed by atoms with E-state index in [0.29, 0.717) is 6.54 Å². The monoisotopic (exact) mass is 238 g/mol. The highest BCUT2D eigenvalue weighted by molar-refractivity contribution is 5.93. The molecule has 0 atom stereocenters. The molecule has 1 heterocycles. The Balaban J connectivity index is 3.34. The highest BCUT2D eigenvalue weighted by atomic mass is 16.2. The zero-order valence-electron chi connectivity index (χ0n) is 10.7. The molecule has 17 heavy (non-hydrogen) atoms. The van der Waals surface area contributed by atoms with E-state index in [9.17, 15) is 14.4 Å². The Bertz CT molecular complexity index is 537. The van der Waals surface area contributed by atoms with Crippen molar-refractivity contribution in [2.75, 3.05) is 0 Å². The van der Waals surface area contributed by atoms with Crippen LogP contribution >= 0.6 is 0 Å². The number of aromatic amines is 1. The van der Waals surface area contributed by atoms with E-state index in [2.05, 4.69) is 4.98 Å². The SMILES string of the molecule is CCC(C)(C)Cn1c(=O)[nH]cc(C(C)=O)c1=O. The molecule has 0 aromatic carbocycles. The molecule has 5 heteroatoms. The van der Waals surface area contributed by atoms with Gasteiger partial charge in [-0.25, -0.2) is 4.79 Å². The quantitative estimate of drug-likeness (QED) is 0.800. The highest BCUT2D eigenvalue weighted by Gasteiger charge is 2.20. The molecule has 0 saturated carbocycles. The van der Waals surface area contributed by atoms with Crippen molar-refractivity contribution in [1.29, 1.82) is 0 Å². The van der Waals surface area contributed by atoms with Gasteiger partial charge in [0.1, 0.15) is 0 Å². The largest absolute Gasteiger partial charge is 0.328 e. The van der Waals surface area contributed by atoms with Crippen molar-refractivity contribution < 1.29 is 4.79 Å². The van der Waals surface area contributed by atoms with Gasteiger partial charge in [0.25, 0.3) is 5.56 Å². The van der Waals surface area contributed by atoms with Gasteiger partial charge in [-0.3, -0.25) is 14.2 Å². The van der Waals surface area contributed by atoms with E-state index in [1.807, 2.05) is 20.8 Å². The molecular weight excluding hydrogens is 220 g/mol. The molecule has 94 valence electrons. The molecule has 1 N–H and O–H groups in total. The summed E-state index contributed by atoms with van der Waals surface area (Å²) in [6, 6.07) is 0. The minimum Gasteiger partial charge on any atom is -0.313 e. The summed E-state index contributed by atoms with van der Waals surface area (Å²) in [7, 11) is 0. The van der Waals surface area contributed by atoms with E-state index in [1.54, 1.807) is 0 Å². The Morgan fingerprint density at radius 1 is 1.41 bits per heavy atom. The lowest BCUT2D eigenvalue weighted by molar-refractivity contribution is 0.101. The van der Waals surface area contributed by atoms with Crippen molar-refractivity contribution in [3.05, 3.63) is 32.6 Å². The summed E-state index contributed by atoms with van der Waals surface area (Å²) in [5.74, 6) is -0.339. The van der Waals surface area contributed by atoms with E-state index in [4.69, 9.17) is 0 Å². The second-order valence-corrected chi connectivity index (χ2v) is 4.97. The van der Waals surface area contributed by atoms with Gasteiger partial charge in [0.15, 0.2) is 5.78 Å². The molecule has 0 unspecified atom stereocenters. The lowest BCUT2D eigenvalue weighted by atomic mass is 9.90. The van der Waals surface area contributed by atoms with Crippen LogP contribution in [0.15, 0.2) is 15.8 Å². The maximum absolute atomic E-state index is 11.9. The number of H-pyrrole nitrogens is 1. The van der Waals surface area contributed by atoms with Crippen molar-refractivity contribution in [1.82, 2.24) is 9.55 Å². The molecule has 5 nitrogen and oxygen atoms in total. The molecule has 0 bridgehead atoms. The number of nitrogens with zero attached hydrogens (tertiary/aromatic N) is 1. The topological polar surface area (TPSA) is 71.9 Å². The summed E-state index contributed by atoms with van der Waals surface area (Å²) in [5, 5.41) is 0. The van der Waals surface area contributed by atoms with Crippen LogP contribution in [-0.2, 0) is 6.54 Å². The number of hydrogen-bond donors (Lipinski definition) is 1. The fourth-order valence-electron chi connectivity index (χ4n) is 1.45. The van der Waals surface area contributed by atoms with Gasteiger partial charge in [0, 0.05) is 12.7 Å². The van der Waals surface area contributed by atoms with Crippen molar-refractivity contribution in [3.63, 3.8) is 0 Å². The number of aromatic nitrogens is 2. The molecule has 0 amide bonds. The van der Waals surface area contributed by atoms with Gasteiger partial charge in [-0.15, -0.1) is 0 Å². The minimum absolute atomic E-state index is 0.0245. The van der Waals surface area contributed by atoms with Crippen molar-refractivity contribution in [2.24, 2.45) is 5.41 Å². The van der Waals surface area contributed by atoms with Gasteiger partial charge >= 0.3 is 5.69 Å². The van der Waals surface area contributed by atoms with Crippen LogP contribution in [0.4, 0.5) is 0 Å². The van der Waals surface area contributed by atoms with Crippen LogP contribution in [0.5, 0.6) is 0 Å². The normalized spacial score (nSPS) is 11.5. The van der Waals surface area contributed by atoms with Crippen LogP contribution in [0.25, 0.3) is 0 Å². The summed E-state index contributed by atoms with van der Waals surface area (Å²) in [5.41, 5.74) is -1.12. The first kappa shape index (κ1) is 13.4. The first-order valence-corrected chi connectivity index (χ1v) is 5.62. The van der Waals surface area contributed by atoms with Crippen LogP contribution in [0.1, 0.15) is 44.5 Å². The molecule has 0 aliphatic rings. The number of carbonyl (C=O) groups excluding carboxylic acids is 1. The van der Waals surface area contributed by atoms with Crippen LogP contribution in [0.2, 0.25) is 0 Å². The number of rotatable bonds is 4. The third kappa shape index (κ3) is 2.93. The Morgan fingerprint density at radius 3 is 2.47 bits per heavy atom.